The number of hydrogen-bond acceptors (Lipinski definition) is 3. The molecule has 0 amide bonds. The first-order valence-electron chi connectivity index (χ1n) is 5.74. The van der Waals surface area contributed by atoms with Gasteiger partial charge in [-0.3, -0.25) is 0 Å². The van der Waals surface area contributed by atoms with Crippen LogP contribution in [-0.4, -0.2) is 8.42 Å². The summed E-state index contributed by atoms with van der Waals surface area (Å²) < 4.78 is 24.7. The Morgan fingerprint density at radius 1 is 1.05 bits per heavy atom. The normalized spacial score (nSPS) is 11.2. The van der Waals surface area contributed by atoms with Crippen LogP contribution < -0.4 is 0 Å². The van der Waals surface area contributed by atoms with Crippen LogP contribution >= 0.6 is 11.8 Å². The first kappa shape index (κ1) is 13.9. The van der Waals surface area contributed by atoms with Gasteiger partial charge in [-0.2, -0.15) is 0 Å². The van der Waals surface area contributed by atoms with Gasteiger partial charge in [-0.25, -0.2) is 8.42 Å². The van der Waals surface area contributed by atoms with E-state index in [-0.39, 0.29) is 9.13 Å². The van der Waals surface area contributed by atoms with Crippen molar-refractivity contribution < 1.29 is 8.42 Å². The molecule has 0 aromatic heterocycles. The van der Waals surface area contributed by atoms with E-state index in [1.165, 1.54) is 11.8 Å². The van der Waals surface area contributed by atoms with E-state index in [9.17, 15) is 8.42 Å². The highest BCUT2D eigenvalue weighted by Gasteiger charge is 2.19. The van der Waals surface area contributed by atoms with Crippen LogP contribution in [0.15, 0.2) is 75.2 Å². The Balaban J connectivity index is 2.25. The van der Waals surface area contributed by atoms with Gasteiger partial charge in [-0.15, -0.1) is 0 Å². The molecule has 0 aliphatic heterocycles. The molecule has 0 saturated carbocycles. The Kier molecular flexibility index (Phi) is 4.12. The fourth-order valence-corrected chi connectivity index (χ4v) is 4.05. The zero-order valence-corrected chi connectivity index (χ0v) is 12.2. The molecular formula is C15H14O2S2. The molecule has 0 aliphatic rings. The molecule has 2 aromatic carbocycles. The van der Waals surface area contributed by atoms with Crippen molar-refractivity contribution in [1.29, 1.82) is 0 Å². The minimum Gasteiger partial charge on any atom is -0.218 e. The van der Waals surface area contributed by atoms with Crippen molar-refractivity contribution in [1.82, 2.24) is 0 Å². The van der Waals surface area contributed by atoms with Gasteiger partial charge in [-0.1, -0.05) is 54.2 Å². The summed E-state index contributed by atoms with van der Waals surface area (Å²) in [5.41, 5.74) is 1.09. The maximum absolute atomic E-state index is 12.3. The van der Waals surface area contributed by atoms with E-state index in [0.717, 1.165) is 10.5 Å². The molecule has 0 unspecified atom stereocenters. The monoisotopic (exact) mass is 290 g/mol. The first-order chi connectivity index (χ1) is 9.00. The first-order valence-corrected chi connectivity index (χ1v) is 8.04. The lowest BCUT2D eigenvalue weighted by Gasteiger charge is -2.07. The number of hydrogen-bond donors (Lipinski definition) is 0. The molecular weight excluding hydrogens is 276 g/mol. The molecule has 98 valence electrons. The van der Waals surface area contributed by atoms with Crippen LogP contribution in [0.2, 0.25) is 0 Å². The molecule has 0 aliphatic carbocycles. The zero-order chi connectivity index (χ0) is 13.9. The number of rotatable bonds is 4. The van der Waals surface area contributed by atoms with Crippen molar-refractivity contribution in [2.45, 2.75) is 16.7 Å². The van der Waals surface area contributed by atoms with E-state index < -0.39 is 9.84 Å². The zero-order valence-electron chi connectivity index (χ0n) is 10.5. The molecule has 2 rings (SSSR count). The van der Waals surface area contributed by atoms with Crippen LogP contribution in [0.25, 0.3) is 0 Å². The molecule has 0 bridgehead atoms. The van der Waals surface area contributed by atoms with Gasteiger partial charge >= 0.3 is 0 Å². The summed E-state index contributed by atoms with van der Waals surface area (Å²) in [6.45, 7) is 5.67. The quantitative estimate of drug-likeness (QED) is 0.797. The Morgan fingerprint density at radius 3 is 2.37 bits per heavy atom. The van der Waals surface area contributed by atoms with Crippen LogP contribution in [0, 0.1) is 6.92 Å². The molecule has 0 radical (unpaired) electrons. The lowest BCUT2D eigenvalue weighted by molar-refractivity contribution is 0.604. The fourth-order valence-electron chi connectivity index (χ4n) is 1.60. The predicted molar refractivity (Wildman–Crippen MR) is 79.8 cm³/mol. The summed E-state index contributed by atoms with van der Waals surface area (Å²) in [7, 11) is -3.48. The van der Waals surface area contributed by atoms with E-state index >= 15 is 0 Å². The van der Waals surface area contributed by atoms with Gasteiger partial charge in [0.2, 0.25) is 9.84 Å². The fraction of sp³-hybridized carbons (Fsp3) is 0.0667. The number of thioether (sulfide) groups is 1. The van der Waals surface area contributed by atoms with Crippen LogP contribution in [0.5, 0.6) is 0 Å². The summed E-state index contributed by atoms with van der Waals surface area (Å²) in [5, 5.41) is 0. The topological polar surface area (TPSA) is 34.1 Å². The van der Waals surface area contributed by atoms with Gasteiger partial charge in [0.15, 0.2) is 0 Å². The van der Waals surface area contributed by atoms with E-state index in [0.29, 0.717) is 0 Å². The minimum atomic E-state index is -3.48. The Morgan fingerprint density at radius 2 is 1.74 bits per heavy atom. The number of benzene rings is 2. The lowest BCUT2D eigenvalue weighted by Crippen LogP contribution is -2.01. The maximum Gasteiger partial charge on any atom is 0.212 e. The molecule has 2 aromatic rings. The Labute approximate surface area is 118 Å². The molecule has 0 saturated heterocycles. The second-order valence-electron chi connectivity index (χ2n) is 4.11. The average Bonchev–Trinajstić information content (AvgIpc) is 2.39. The Bertz CT molecular complexity index is 689. The van der Waals surface area contributed by atoms with Gasteiger partial charge < -0.3 is 0 Å². The smallest absolute Gasteiger partial charge is 0.212 e. The van der Waals surface area contributed by atoms with Crippen molar-refractivity contribution in [2.24, 2.45) is 0 Å². The molecule has 0 heterocycles. The molecule has 0 fully saturated rings. The highest BCUT2D eigenvalue weighted by Crippen LogP contribution is 2.33. The van der Waals surface area contributed by atoms with Crippen LogP contribution in [0.1, 0.15) is 5.56 Å². The SMILES string of the molecule is C=C(Sc1cccc(C)c1)S(=O)(=O)c1ccccc1. The average molecular weight is 290 g/mol. The van der Waals surface area contributed by atoms with Crippen LogP contribution in [-0.2, 0) is 9.84 Å². The summed E-state index contributed by atoms with van der Waals surface area (Å²) in [6, 6.07) is 16.1. The molecule has 0 N–H and O–H groups in total. The van der Waals surface area contributed by atoms with Gasteiger partial charge in [-0.05, 0) is 31.2 Å². The standard InChI is InChI=1S/C15H14O2S2/c1-12-7-6-8-14(11-12)18-13(2)19(16,17)15-9-4-3-5-10-15/h3-11H,2H2,1H3. The van der Waals surface area contributed by atoms with E-state index in [2.05, 4.69) is 6.58 Å². The van der Waals surface area contributed by atoms with Gasteiger partial charge in [0, 0.05) is 4.90 Å². The number of aryl methyl sites for hydroxylation is 1. The lowest BCUT2D eigenvalue weighted by atomic mass is 10.2. The number of sulfone groups is 1. The predicted octanol–water partition coefficient (Wildman–Crippen LogP) is 4.03. The molecule has 0 atom stereocenters. The van der Waals surface area contributed by atoms with Crippen molar-refractivity contribution in [3.8, 4) is 0 Å². The second-order valence-corrected chi connectivity index (χ2v) is 7.50. The van der Waals surface area contributed by atoms with Gasteiger partial charge in [0.25, 0.3) is 0 Å². The Hall–Kier alpha value is -1.52. The summed E-state index contributed by atoms with van der Waals surface area (Å²) in [4.78, 5) is 1.16. The summed E-state index contributed by atoms with van der Waals surface area (Å²) in [6.07, 6.45) is 0. The summed E-state index contributed by atoms with van der Waals surface area (Å²) in [5.74, 6) is 0. The van der Waals surface area contributed by atoms with E-state index in [4.69, 9.17) is 0 Å². The van der Waals surface area contributed by atoms with Gasteiger partial charge in [0.1, 0.15) is 4.24 Å². The van der Waals surface area contributed by atoms with Crippen molar-refractivity contribution >= 4 is 21.6 Å². The highest BCUT2D eigenvalue weighted by molar-refractivity contribution is 8.18. The van der Waals surface area contributed by atoms with Crippen molar-refractivity contribution in [2.75, 3.05) is 0 Å². The van der Waals surface area contributed by atoms with Gasteiger partial charge in [0.05, 0.1) is 4.90 Å². The second kappa shape index (κ2) is 5.63. The van der Waals surface area contributed by atoms with Crippen LogP contribution in [0.4, 0.5) is 0 Å². The van der Waals surface area contributed by atoms with Crippen molar-refractivity contribution in [3.05, 3.63) is 71.0 Å². The highest BCUT2D eigenvalue weighted by atomic mass is 32.3. The molecule has 19 heavy (non-hydrogen) atoms. The van der Waals surface area contributed by atoms with Crippen molar-refractivity contribution in [3.63, 3.8) is 0 Å². The minimum absolute atomic E-state index is 0.143. The molecule has 0 spiro atoms. The molecule has 4 heteroatoms. The summed E-state index contributed by atoms with van der Waals surface area (Å²) >= 11 is 1.18. The van der Waals surface area contributed by atoms with E-state index in [1.54, 1.807) is 30.3 Å². The maximum atomic E-state index is 12.3. The largest absolute Gasteiger partial charge is 0.218 e. The third-order valence-corrected chi connectivity index (χ3v) is 5.69. The third kappa shape index (κ3) is 3.28. The third-order valence-electron chi connectivity index (χ3n) is 2.57. The molecule has 2 nitrogen and oxygen atoms in total. The van der Waals surface area contributed by atoms with E-state index in [1.807, 2.05) is 31.2 Å². The van der Waals surface area contributed by atoms with Crippen LogP contribution in [0.3, 0.4) is 0 Å².